The molecule has 0 aliphatic rings. The molecule has 1 rings (SSSR count). The number of alkyl halides is 3. The molecule has 0 radical (unpaired) electrons. The Labute approximate surface area is 104 Å². The third-order valence-electron chi connectivity index (χ3n) is 1.78. The Hall–Kier alpha value is -1.35. The minimum Gasteiger partial charge on any atom is -0.317 e. The normalized spacial score (nSPS) is 12.3. The van der Waals surface area contributed by atoms with Gasteiger partial charge in [0.25, 0.3) is 9.05 Å². The number of pyridine rings is 1. The Balaban J connectivity index is 3.04. The van der Waals surface area contributed by atoms with Gasteiger partial charge in [0, 0.05) is 10.7 Å². The van der Waals surface area contributed by atoms with E-state index < -0.39 is 26.2 Å². The summed E-state index contributed by atoms with van der Waals surface area (Å²) in [6, 6.07) is 1.02. The predicted octanol–water partition coefficient (Wildman–Crippen LogP) is 1.82. The van der Waals surface area contributed by atoms with Crippen LogP contribution in [0.2, 0.25) is 0 Å². The topological polar surface area (TPSA) is 76.1 Å². The van der Waals surface area contributed by atoms with Crippen LogP contribution in [-0.4, -0.2) is 25.5 Å². The van der Waals surface area contributed by atoms with Gasteiger partial charge in [-0.1, -0.05) is 0 Å². The van der Waals surface area contributed by atoms with Crippen molar-refractivity contribution in [2.24, 2.45) is 0 Å². The summed E-state index contributed by atoms with van der Waals surface area (Å²) in [7, 11) is 0.956. The summed E-state index contributed by atoms with van der Waals surface area (Å²) in [5, 5.41) is 1.06. The first-order valence-corrected chi connectivity index (χ1v) is 6.62. The molecule has 1 N–H and O–H groups in total. The second kappa shape index (κ2) is 4.73. The lowest BCUT2D eigenvalue weighted by Crippen LogP contribution is -2.30. The number of carbonyl (C=O) groups excluding carboxylic acids is 1. The highest BCUT2D eigenvalue weighted by Crippen LogP contribution is 2.22. The molecule has 18 heavy (non-hydrogen) atoms. The van der Waals surface area contributed by atoms with Gasteiger partial charge in [0.05, 0.1) is 11.9 Å². The lowest BCUT2D eigenvalue weighted by molar-refractivity contribution is -0.167. The third kappa shape index (κ3) is 3.57. The SMILES string of the molecule is Cc1cc(NC(=O)C(F)(F)F)cnc1S(=O)(=O)Cl. The fraction of sp³-hybridized carbons (Fsp3) is 0.250. The van der Waals surface area contributed by atoms with E-state index in [9.17, 15) is 26.4 Å². The molecule has 1 amide bonds. The molecule has 0 spiro atoms. The lowest BCUT2D eigenvalue weighted by Gasteiger charge is -2.09. The summed E-state index contributed by atoms with van der Waals surface area (Å²) in [4.78, 5) is 14.0. The van der Waals surface area contributed by atoms with Crippen LogP contribution in [0, 0.1) is 6.92 Å². The van der Waals surface area contributed by atoms with Crippen molar-refractivity contribution in [3.63, 3.8) is 0 Å². The van der Waals surface area contributed by atoms with Crippen molar-refractivity contribution in [3.8, 4) is 0 Å². The first-order chi connectivity index (χ1) is 8.01. The third-order valence-corrected chi connectivity index (χ3v) is 3.10. The second-order valence-electron chi connectivity index (χ2n) is 3.24. The minimum absolute atomic E-state index is 0.0185. The van der Waals surface area contributed by atoms with Crippen molar-refractivity contribution in [3.05, 3.63) is 17.8 Å². The Morgan fingerprint density at radius 3 is 2.39 bits per heavy atom. The molecule has 5 nitrogen and oxygen atoms in total. The van der Waals surface area contributed by atoms with Crippen molar-refractivity contribution < 1.29 is 26.4 Å². The number of halogens is 4. The number of hydrogen-bond acceptors (Lipinski definition) is 4. The number of aromatic nitrogens is 1. The number of anilines is 1. The first-order valence-electron chi connectivity index (χ1n) is 4.31. The van der Waals surface area contributed by atoms with E-state index >= 15 is 0 Å². The molecule has 1 aromatic heterocycles. The van der Waals surface area contributed by atoms with E-state index in [-0.39, 0.29) is 11.3 Å². The molecular formula is C8H6ClF3N2O3S. The fourth-order valence-electron chi connectivity index (χ4n) is 1.09. The van der Waals surface area contributed by atoms with Crippen LogP contribution < -0.4 is 5.32 Å². The van der Waals surface area contributed by atoms with Crippen LogP contribution in [0.15, 0.2) is 17.3 Å². The zero-order valence-corrected chi connectivity index (χ0v) is 10.3. The molecule has 0 atom stereocenters. The Kier molecular flexibility index (Phi) is 3.86. The molecule has 1 heterocycles. The predicted molar refractivity (Wildman–Crippen MR) is 56.7 cm³/mol. The molecule has 1 aromatic rings. The van der Waals surface area contributed by atoms with Gasteiger partial charge in [-0.3, -0.25) is 4.79 Å². The largest absolute Gasteiger partial charge is 0.471 e. The van der Waals surface area contributed by atoms with Gasteiger partial charge < -0.3 is 5.32 Å². The maximum Gasteiger partial charge on any atom is 0.471 e. The van der Waals surface area contributed by atoms with Gasteiger partial charge in [0.1, 0.15) is 0 Å². The van der Waals surface area contributed by atoms with Crippen LogP contribution >= 0.6 is 10.7 Å². The molecule has 0 fully saturated rings. The molecule has 0 aliphatic heterocycles. The van der Waals surface area contributed by atoms with Gasteiger partial charge in [0.2, 0.25) is 0 Å². The van der Waals surface area contributed by atoms with Crippen LogP contribution in [0.3, 0.4) is 0 Å². The number of aryl methyl sites for hydroxylation is 1. The minimum atomic E-state index is -5.04. The first kappa shape index (κ1) is 14.7. The van der Waals surface area contributed by atoms with E-state index in [1.807, 2.05) is 0 Å². The molecule has 0 bridgehead atoms. The van der Waals surface area contributed by atoms with Crippen LogP contribution in [0.5, 0.6) is 0 Å². The molecule has 0 unspecified atom stereocenters. The molecule has 10 heteroatoms. The van der Waals surface area contributed by atoms with Crippen LogP contribution in [-0.2, 0) is 13.8 Å². The summed E-state index contributed by atoms with van der Waals surface area (Å²) >= 11 is 0. The van der Waals surface area contributed by atoms with E-state index in [1.54, 1.807) is 0 Å². The van der Waals surface area contributed by atoms with Crippen LogP contribution in [0.1, 0.15) is 5.56 Å². The highest BCUT2D eigenvalue weighted by Gasteiger charge is 2.38. The highest BCUT2D eigenvalue weighted by atomic mass is 35.7. The number of nitrogens with zero attached hydrogens (tertiary/aromatic N) is 1. The summed E-state index contributed by atoms with van der Waals surface area (Å²) in [6.45, 7) is 1.28. The van der Waals surface area contributed by atoms with E-state index in [0.717, 1.165) is 12.3 Å². The van der Waals surface area contributed by atoms with Crippen molar-refractivity contribution in [1.29, 1.82) is 0 Å². The average molecular weight is 303 g/mol. The Bertz CT molecular complexity index is 586. The summed E-state index contributed by atoms with van der Waals surface area (Å²) < 4.78 is 57.8. The van der Waals surface area contributed by atoms with Gasteiger partial charge >= 0.3 is 12.1 Å². The molecule has 100 valence electrons. The number of amides is 1. The summed E-state index contributed by atoms with van der Waals surface area (Å²) in [5.74, 6) is -2.18. The van der Waals surface area contributed by atoms with Crippen molar-refractivity contribution in [2.75, 3.05) is 5.32 Å². The summed E-state index contributed by atoms with van der Waals surface area (Å²) in [5.41, 5.74) is -0.260. The quantitative estimate of drug-likeness (QED) is 0.845. The van der Waals surface area contributed by atoms with Gasteiger partial charge in [-0.2, -0.15) is 13.2 Å². The average Bonchev–Trinajstić information content (AvgIpc) is 2.13. The number of nitrogens with one attached hydrogen (secondary N) is 1. The zero-order valence-electron chi connectivity index (χ0n) is 8.75. The molecule has 0 aliphatic carbocycles. The number of hydrogen-bond donors (Lipinski definition) is 1. The maximum absolute atomic E-state index is 12.0. The Morgan fingerprint density at radius 1 is 1.44 bits per heavy atom. The lowest BCUT2D eigenvalue weighted by atomic mass is 10.3. The molecule has 0 saturated carbocycles. The summed E-state index contributed by atoms with van der Waals surface area (Å²) in [6.07, 6.45) is -4.27. The zero-order chi connectivity index (χ0) is 14.1. The molecule has 0 saturated heterocycles. The fourth-order valence-corrected chi connectivity index (χ4v) is 2.19. The van der Waals surface area contributed by atoms with Crippen LogP contribution in [0.4, 0.5) is 18.9 Å². The van der Waals surface area contributed by atoms with Crippen molar-refractivity contribution in [1.82, 2.24) is 4.98 Å². The smallest absolute Gasteiger partial charge is 0.317 e. The number of rotatable bonds is 2. The second-order valence-corrected chi connectivity index (χ2v) is 5.72. The van der Waals surface area contributed by atoms with Gasteiger partial charge in [0.15, 0.2) is 5.03 Å². The highest BCUT2D eigenvalue weighted by molar-refractivity contribution is 8.13. The standard InChI is InChI=1S/C8H6ClF3N2O3S/c1-4-2-5(14-7(15)8(10,11)12)3-13-6(4)18(9,16)17/h2-3H,1H3,(H,14,15). The number of carbonyl (C=O) groups is 1. The van der Waals surface area contributed by atoms with E-state index in [1.165, 1.54) is 12.2 Å². The van der Waals surface area contributed by atoms with Crippen molar-refractivity contribution in [2.45, 2.75) is 18.1 Å². The monoisotopic (exact) mass is 302 g/mol. The Morgan fingerprint density at radius 2 is 2.00 bits per heavy atom. The van der Waals surface area contributed by atoms with E-state index in [2.05, 4.69) is 4.98 Å². The van der Waals surface area contributed by atoms with Gasteiger partial charge in [-0.05, 0) is 18.6 Å². The van der Waals surface area contributed by atoms with Crippen molar-refractivity contribution >= 4 is 31.3 Å². The van der Waals surface area contributed by atoms with E-state index in [0.29, 0.717) is 0 Å². The molecular weight excluding hydrogens is 297 g/mol. The van der Waals surface area contributed by atoms with Gasteiger partial charge in [-0.25, -0.2) is 13.4 Å². The van der Waals surface area contributed by atoms with Crippen LogP contribution in [0.25, 0.3) is 0 Å². The molecule has 0 aromatic carbocycles. The van der Waals surface area contributed by atoms with Gasteiger partial charge in [-0.15, -0.1) is 0 Å². The maximum atomic E-state index is 12.0. The van der Waals surface area contributed by atoms with E-state index in [4.69, 9.17) is 10.7 Å².